The van der Waals surface area contributed by atoms with E-state index in [-0.39, 0.29) is 12.6 Å². The number of carbonyl (C=O) groups is 1. The summed E-state index contributed by atoms with van der Waals surface area (Å²) >= 11 is 6.03. The quantitative estimate of drug-likeness (QED) is 0.724. The van der Waals surface area contributed by atoms with Crippen LogP contribution in [-0.2, 0) is 6.54 Å². The number of benzene rings is 1. The van der Waals surface area contributed by atoms with E-state index in [4.69, 9.17) is 16.3 Å². The minimum atomic E-state index is -0.601. The molecule has 0 fully saturated rings. The Bertz CT molecular complexity index is 482. The average Bonchev–Trinajstić information content (AvgIpc) is 2.45. The van der Waals surface area contributed by atoms with E-state index in [1.165, 1.54) is 0 Å². The maximum Gasteiger partial charge on any atom is 0.315 e. The van der Waals surface area contributed by atoms with Crippen molar-refractivity contribution in [1.29, 1.82) is 0 Å². The highest BCUT2D eigenvalue weighted by atomic mass is 35.5. The molecule has 1 unspecified atom stereocenters. The predicted molar refractivity (Wildman–Crippen MR) is 83.8 cm³/mol. The number of hydrogen-bond donors (Lipinski definition) is 3. The minimum Gasteiger partial charge on any atom is -0.495 e. The van der Waals surface area contributed by atoms with E-state index in [9.17, 15) is 9.90 Å². The van der Waals surface area contributed by atoms with Crippen molar-refractivity contribution in [3.8, 4) is 5.75 Å². The first-order valence-electron chi connectivity index (χ1n) is 6.93. The lowest BCUT2D eigenvalue weighted by Crippen LogP contribution is -2.52. The van der Waals surface area contributed by atoms with Gasteiger partial charge in [-0.25, -0.2) is 4.79 Å². The van der Waals surface area contributed by atoms with Crippen LogP contribution in [0, 0.1) is 0 Å². The second kappa shape index (κ2) is 8.10. The smallest absolute Gasteiger partial charge is 0.315 e. The Kier molecular flexibility index (Phi) is 6.78. The molecule has 5 nitrogen and oxygen atoms in total. The largest absolute Gasteiger partial charge is 0.495 e. The van der Waals surface area contributed by atoms with E-state index >= 15 is 0 Å². The van der Waals surface area contributed by atoms with Crippen molar-refractivity contribution < 1.29 is 14.6 Å². The molecule has 0 aromatic heterocycles. The number of nitrogens with one attached hydrogen (secondary N) is 2. The zero-order valence-corrected chi connectivity index (χ0v) is 13.5. The molecule has 2 amide bonds. The van der Waals surface area contributed by atoms with E-state index in [1.54, 1.807) is 19.2 Å². The number of rotatable bonds is 7. The second-order valence-electron chi connectivity index (χ2n) is 5.25. The second-order valence-corrected chi connectivity index (χ2v) is 5.65. The molecule has 0 aliphatic carbocycles. The molecule has 0 radical (unpaired) electrons. The highest BCUT2D eigenvalue weighted by Gasteiger charge is 2.24. The fourth-order valence-electron chi connectivity index (χ4n) is 2.05. The number of halogens is 1. The minimum absolute atomic E-state index is 0.0946. The molecule has 1 aromatic carbocycles. The van der Waals surface area contributed by atoms with Crippen LogP contribution in [0.15, 0.2) is 18.2 Å². The van der Waals surface area contributed by atoms with Crippen LogP contribution in [0.4, 0.5) is 4.79 Å². The lowest BCUT2D eigenvalue weighted by molar-refractivity contribution is 0.163. The molecule has 0 saturated heterocycles. The van der Waals surface area contributed by atoms with Gasteiger partial charge < -0.3 is 20.5 Å². The molecule has 3 N–H and O–H groups in total. The molecule has 21 heavy (non-hydrogen) atoms. The zero-order valence-electron chi connectivity index (χ0n) is 12.7. The molecule has 1 aromatic rings. The van der Waals surface area contributed by atoms with Gasteiger partial charge in [0.25, 0.3) is 0 Å². The van der Waals surface area contributed by atoms with Crippen LogP contribution >= 0.6 is 11.6 Å². The number of hydrogen-bond acceptors (Lipinski definition) is 3. The van der Waals surface area contributed by atoms with Crippen LogP contribution in [0.1, 0.15) is 32.3 Å². The summed E-state index contributed by atoms with van der Waals surface area (Å²) in [6.07, 6.45) is 1.59. The molecule has 0 aliphatic rings. The van der Waals surface area contributed by atoms with Gasteiger partial charge in [-0.15, -0.1) is 0 Å². The first-order valence-corrected chi connectivity index (χ1v) is 7.31. The van der Waals surface area contributed by atoms with Crippen LogP contribution < -0.4 is 15.4 Å². The van der Waals surface area contributed by atoms with Crippen molar-refractivity contribution in [1.82, 2.24) is 10.6 Å². The molecule has 1 rings (SSSR count). The summed E-state index contributed by atoms with van der Waals surface area (Å²) < 4.78 is 5.07. The van der Waals surface area contributed by atoms with Crippen molar-refractivity contribution >= 4 is 17.6 Å². The Balaban J connectivity index is 2.55. The van der Waals surface area contributed by atoms with Gasteiger partial charge >= 0.3 is 6.03 Å². The molecule has 0 spiro atoms. The predicted octanol–water partition coefficient (Wildman–Crippen LogP) is 2.70. The van der Waals surface area contributed by atoms with Crippen molar-refractivity contribution in [2.45, 2.75) is 38.8 Å². The lowest BCUT2D eigenvalue weighted by Gasteiger charge is -2.28. The van der Waals surface area contributed by atoms with Crippen LogP contribution in [0.25, 0.3) is 0 Å². The first-order chi connectivity index (χ1) is 9.94. The third-order valence-corrected chi connectivity index (χ3v) is 3.53. The summed E-state index contributed by atoms with van der Waals surface area (Å²) in [5, 5.41) is 15.4. The van der Waals surface area contributed by atoms with Crippen molar-refractivity contribution in [3.05, 3.63) is 28.8 Å². The molecule has 0 bridgehead atoms. The molecular weight excluding hydrogens is 292 g/mol. The highest BCUT2D eigenvalue weighted by Crippen LogP contribution is 2.24. The van der Waals surface area contributed by atoms with E-state index in [0.29, 0.717) is 23.7 Å². The van der Waals surface area contributed by atoms with E-state index in [1.807, 2.05) is 19.9 Å². The summed E-state index contributed by atoms with van der Waals surface area (Å²) in [5.74, 6) is 0.598. The Hall–Kier alpha value is -1.46. The van der Waals surface area contributed by atoms with Crippen molar-refractivity contribution in [3.63, 3.8) is 0 Å². The average molecular weight is 315 g/mol. The van der Waals surface area contributed by atoms with Gasteiger partial charge in [0.05, 0.1) is 24.3 Å². The topological polar surface area (TPSA) is 70.6 Å². The zero-order chi connectivity index (χ0) is 15.9. The Labute approximate surface area is 130 Å². The number of amides is 2. The molecular formula is C15H23ClN2O3. The van der Waals surface area contributed by atoms with Gasteiger partial charge in [-0.3, -0.25) is 0 Å². The molecule has 6 heteroatoms. The fourth-order valence-corrected chi connectivity index (χ4v) is 2.33. The van der Waals surface area contributed by atoms with Gasteiger partial charge in [0.2, 0.25) is 0 Å². The van der Waals surface area contributed by atoms with E-state index < -0.39 is 5.54 Å². The normalized spacial score (nSPS) is 13.4. The van der Waals surface area contributed by atoms with Gasteiger partial charge in [-0.1, -0.05) is 31.0 Å². The summed E-state index contributed by atoms with van der Waals surface area (Å²) in [6, 6.07) is 5.03. The number of carbonyl (C=O) groups excluding carboxylic acids is 1. The SMILES string of the molecule is CCCC(C)(CO)NC(=O)NCc1ccc(OC)c(Cl)c1. The third kappa shape index (κ3) is 5.44. The number of aliphatic hydroxyl groups is 1. The van der Waals surface area contributed by atoms with Crippen LogP contribution in [0.2, 0.25) is 5.02 Å². The highest BCUT2D eigenvalue weighted by molar-refractivity contribution is 6.32. The van der Waals surface area contributed by atoms with Gasteiger partial charge in [-0.05, 0) is 31.0 Å². The molecule has 0 saturated carbocycles. The monoisotopic (exact) mass is 314 g/mol. The Morgan fingerprint density at radius 2 is 2.19 bits per heavy atom. The van der Waals surface area contributed by atoms with Crippen molar-refractivity contribution in [2.75, 3.05) is 13.7 Å². The van der Waals surface area contributed by atoms with Gasteiger partial charge in [0, 0.05) is 6.54 Å². The summed E-state index contributed by atoms with van der Waals surface area (Å²) in [7, 11) is 1.55. The number of urea groups is 1. The maximum atomic E-state index is 11.9. The summed E-state index contributed by atoms with van der Waals surface area (Å²) in [6.45, 7) is 4.08. The Morgan fingerprint density at radius 3 is 2.71 bits per heavy atom. The Morgan fingerprint density at radius 1 is 1.48 bits per heavy atom. The standard InChI is InChI=1S/C15H23ClN2O3/c1-4-7-15(2,10-19)18-14(20)17-9-11-5-6-13(21-3)12(16)8-11/h5-6,8,19H,4,7,9-10H2,1-3H3,(H2,17,18,20). The van der Waals surface area contributed by atoms with Crippen LogP contribution in [0.5, 0.6) is 5.75 Å². The maximum absolute atomic E-state index is 11.9. The fraction of sp³-hybridized carbons (Fsp3) is 0.533. The summed E-state index contributed by atoms with van der Waals surface area (Å²) in [4.78, 5) is 11.9. The van der Waals surface area contributed by atoms with Crippen LogP contribution in [-0.4, -0.2) is 30.4 Å². The van der Waals surface area contributed by atoms with E-state index in [0.717, 1.165) is 12.0 Å². The number of aliphatic hydroxyl groups excluding tert-OH is 1. The van der Waals surface area contributed by atoms with Gasteiger partial charge in [-0.2, -0.15) is 0 Å². The lowest BCUT2D eigenvalue weighted by atomic mass is 9.98. The van der Waals surface area contributed by atoms with Gasteiger partial charge in [0.15, 0.2) is 0 Å². The van der Waals surface area contributed by atoms with E-state index in [2.05, 4.69) is 10.6 Å². The van der Waals surface area contributed by atoms with Crippen LogP contribution in [0.3, 0.4) is 0 Å². The number of ether oxygens (including phenoxy) is 1. The number of methoxy groups -OCH3 is 1. The third-order valence-electron chi connectivity index (χ3n) is 3.24. The summed E-state index contributed by atoms with van der Waals surface area (Å²) in [5.41, 5.74) is 0.272. The molecule has 0 heterocycles. The van der Waals surface area contributed by atoms with Gasteiger partial charge in [0.1, 0.15) is 5.75 Å². The molecule has 118 valence electrons. The molecule has 1 atom stereocenters. The van der Waals surface area contributed by atoms with Crippen molar-refractivity contribution in [2.24, 2.45) is 0 Å². The molecule has 0 aliphatic heterocycles. The first kappa shape index (κ1) is 17.6.